The lowest BCUT2D eigenvalue weighted by atomic mass is 10.1. The van der Waals surface area contributed by atoms with Gasteiger partial charge in [-0.3, -0.25) is 0 Å². The number of ether oxygens (including phenoxy) is 3. The number of anilines is 1. The molecule has 0 spiro atoms. The number of urea groups is 1. The molecule has 0 radical (unpaired) electrons. The quantitative estimate of drug-likeness (QED) is 0.190. The summed E-state index contributed by atoms with van der Waals surface area (Å²) in [6, 6.07) is 11.6. The van der Waals surface area contributed by atoms with Crippen molar-refractivity contribution in [1.29, 1.82) is 0 Å². The first-order valence-electron chi connectivity index (χ1n) is 13.6. The first kappa shape index (κ1) is 32.7. The van der Waals surface area contributed by atoms with Crippen molar-refractivity contribution in [2.24, 2.45) is 0 Å². The van der Waals surface area contributed by atoms with E-state index in [0.717, 1.165) is 49.8 Å². The number of alkyl halides is 3. The molecule has 0 heterocycles. The molecule has 0 aliphatic carbocycles. The van der Waals surface area contributed by atoms with Crippen molar-refractivity contribution in [3.05, 3.63) is 54.1 Å². The predicted molar refractivity (Wildman–Crippen MR) is 146 cm³/mol. The van der Waals surface area contributed by atoms with E-state index in [9.17, 15) is 27.9 Å². The first-order chi connectivity index (χ1) is 19.1. The lowest BCUT2D eigenvalue weighted by Gasteiger charge is -2.23. The van der Waals surface area contributed by atoms with Gasteiger partial charge in [-0.05, 0) is 55.3 Å². The number of carbonyl (C=O) groups is 2. The summed E-state index contributed by atoms with van der Waals surface area (Å²) in [5.74, 6) is -0.811. The molecule has 1 atom stereocenters. The number of halogens is 3. The summed E-state index contributed by atoms with van der Waals surface area (Å²) in [6.45, 7) is 5.21. The molecule has 11 heteroatoms. The minimum atomic E-state index is -4.79. The third-order valence-electron chi connectivity index (χ3n) is 6.03. The molecule has 0 aliphatic rings. The van der Waals surface area contributed by atoms with Crippen LogP contribution in [0.2, 0.25) is 0 Å². The number of nitrogens with zero attached hydrogens (tertiary/aromatic N) is 1. The Morgan fingerprint density at radius 2 is 1.52 bits per heavy atom. The van der Waals surface area contributed by atoms with Crippen LogP contribution < -0.4 is 14.8 Å². The van der Waals surface area contributed by atoms with E-state index >= 15 is 0 Å². The summed E-state index contributed by atoms with van der Waals surface area (Å²) in [5.41, 5.74) is 1.14. The molecule has 0 aromatic heterocycles. The Labute approximate surface area is 233 Å². The zero-order chi connectivity index (χ0) is 29.4. The lowest BCUT2D eigenvalue weighted by Crippen LogP contribution is -2.38. The molecule has 40 heavy (non-hydrogen) atoms. The van der Waals surface area contributed by atoms with Crippen LogP contribution in [0.4, 0.5) is 23.7 Å². The van der Waals surface area contributed by atoms with Crippen molar-refractivity contribution in [2.75, 3.05) is 31.6 Å². The Morgan fingerprint density at radius 3 is 2.12 bits per heavy atom. The Bertz CT molecular complexity index is 1020. The number of amides is 2. The fraction of sp³-hybridized carbons (Fsp3) is 0.517. The summed E-state index contributed by atoms with van der Waals surface area (Å²) in [6.07, 6.45) is 0.871. The second kappa shape index (κ2) is 17.3. The van der Waals surface area contributed by atoms with Crippen LogP contribution in [0.3, 0.4) is 0 Å². The molecule has 2 aromatic carbocycles. The fourth-order valence-electron chi connectivity index (χ4n) is 3.97. The molecule has 0 bridgehead atoms. The van der Waals surface area contributed by atoms with Gasteiger partial charge in [0.25, 0.3) is 0 Å². The summed E-state index contributed by atoms with van der Waals surface area (Å²) in [5, 5.41) is 12.0. The van der Waals surface area contributed by atoms with Gasteiger partial charge in [-0.15, -0.1) is 13.2 Å². The molecule has 1 unspecified atom stereocenters. The number of aliphatic carboxylic acids is 1. The zero-order valence-electron chi connectivity index (χ0n) is 23.0. The molecule has 0 aliphatic heterocycles. The minimum Gasteiger partial charge on any atom is -0.492 e. The van der Waals surface area contributed by atoms with Crippen LogP contribution in [-0.2, 0) is 16.0 Å². The van der Waals surface area contributed by atoms with E-state index in [0.29, 0.717) is 31.1 Å². The highest BCUT2D eigenvalue weighted by Crippen LogP contribution is 2.24. The monoisotopic (exact) mass is 568 g/mol. The van der Waals surface area contributed by atoms with E-state index in [1.54, 1.807) is 36.1 Å². The normalized spacial score (nSPS) is 12.0. The summed E-state index contributed by atoms with van der Waals surface area (Å²) in [4.78, 5) is 25.9. The van der Waals surface area contributed by atoms with E-state index in [1.807, 2.05) is 0 Å². The van der Waals surface area contributed by atoms with Crippen LogP contribution in [-0.4, -0.2) is 60.8 Å². The van der Waals surface area contributed by atoms with Crippen molar-refractivity contribution in [3.63, 3.8) is 0 Å². The zero-order valence-corrected chi connectivity index (χ0v) is 23.0. The van der Waals surface area contributed by atoms with Crippen LogP contribution in [0, 0.1) is 0 Å². The van der Waals surface area contributed by atoms with Gasteiger partial charge < -0.3 is 29.5 Å². The second-order valence-corrected chi connectivity index (χ2v) is 9.24. The Hall–Kier alpha value is -3.47. The standard InChI is InChI=1S/C29H39F3N2O6/c1-3-5-6-7-8-9-18-34(28(37)33-23-12-16-25(17-13-23)40-29(30,31)32)19-20-39-24-14-10-22(11-15-24)21-26(27(35)36)38-4-2/h10-17,26H,3-9,18-21H2,1-2H3,(H,33,37)(H,35,36). The van der Waals surface area contributed by atoms with E-state index in [-0.39, 0.29) is 24.8 Å². The Morgan fingerprint density at radius 1 is 0.900 bits per heavy atom. The number of rotatable bonds is 18. The second-order valence-electron chi connectivity index (χ2n) is 9.24. The van der Waals surface area contributed by atoms with Gasteiger partial charge in [-0.25, -0.2) is 9.59 Å². The topological polar surface area (TPSA) is 97.3 Å². The molecule has 2 N–H and O–H groups in total. The van der Waals surface area contributed by atoms with Crippen molar-refractivity contribution >= 4 is 17.7 Å². The molecule has 0 saturated carbocycles. The van der Waals surface area contributed by atoms with E-state index in [4.69, 9.17) is 9.47 Å². The fourth-order valence-corrected chi connectivity index (χ4v) is 3.97. The molecular formula is C29H39F3N2O6. The number of hydrogen-bond acceptors (Lipinski definition) is 5. The van der Waals surface area contributed by atoms with Gasteiger partial charge in [0.1, 0.15) is 18.1 Å². The van der Waals surface area contributed by atoms with Crippen LogP contribution in [0.5, 0.6) is 11.5 Å². The van der Waals surface area contributed by atoms with Gasteiger partial charge in [-0.1, -0.05) is 51.2 Å². The number of benzene rings is 2. The maximum atomic E-state index is 13.0. The summed E-state index contributed by atoms with van der Waals surface area (Å²) < 4.78 is 52.2. The number of hydrogen-bond donors (Lipinski definition) is 2. The molecule has 8 nitrogen and oxygen atoms in total. The van der Waals surface area contributed by atoms with Gasteiger partial charge in [0, 0.05) is 25.3 Å². The average Bonchev–Trinajstić information content (AvgIpc) is 2.90. The number of unbranched alkanes of at least 4 members (excludes halogenated alkanes) is 5. The van der Waals surface area contributed by atoms with E-state index in [2.05, 4.69) is 17.0 Å². The van der Waals surface area contributed by atoms with Crippen LogP contribution in [0.1, 0.15) is 57.9 Å². The van der Waals surface area contributed by atoms with Crippen LogP contribution in [0.15, 0.2) is 48.5 Å². The highest BCUT2D eigenvalue weighted by atomic mass is 19.4. The number of nitrogens with one attached hydrogen (secondary N) is 1. The number of carboxylic acids is 1. The van der Waals surface area contributed by atoms with Gasteiger partial charge in [0.05, 0.1) is 6.54 Å². The summed E-state index contributed by atoms with van der Waals surface area (Å²) in [7, 11) is 0. The largest absolute Gasteiger partial charge is 0.573 e. The van der Waals surface area contributed by atoms with Crippen molar-refractivity contribution < 1.29 is 42.1 Å². The van der Waals surface area contributed by atoms with Crippen LogP contribution in [0.25, 0.3) is 0 Å². The first-order valence-corrected chi connectivity index (χ1v) is 13.6. The van der Waals surface area contributed by atoms with Crippen molar-refractivity contribution in [1.82, 2.24) is 4.90 Å². The maximum Gasteiger partial charge on any atom is 0.573 e. The maximum absolute atomic E-state index is 13.0. The number of carbonyl (C=O) groups excluding carboxylic acids is 1. The molecule has 2 rings (SSSR count). The molecule has 0 saturated heterocycles. The molecular weight excluding hydrogens is 529 g/mol. The Kier molecular flexibility index (Phi) is 14.1. The summed E-state index contributed by atoms with van der Waals surface area (Å²) >= 11 is 0. The lowest BCUT2D eigenvalue weighted by molar-refractivity contribution is -0.274. The van der Waals surface area contributed by atoms with Gasteiger partial charge in [-0.2, -0.15) is 0 Å². The number of carboxylic acid groups (broad SMARTS) is 1. The minimum absolute atomic E-state index is 0.220. The molecule has 0 fully saturated rings. The van der Waals surface area contributed by atoms with E-state index in [1.165, 1.54) is 18.6 Å². The molecule has 2 amide bonds. The van der Waals surface area contributed by atoms with Crippen molar-refractivity contribution in [2.45, 2.75) is 71.3 Å². The SMILES string of the molecule is CCCCCCCCN(CCOc1ccc(CC(OCC)C(=O)O)cc1)C(=O)Nc1ccc(OC(F)(F)F)cc1. The highest BCUT2D eigenvalue weighted by Gasteiger charge is 2.31. The third-order valence-corrected chi connectivity index (χ3v) is 6.03. The molecule has 2 aromatic rings. The highest BCUT2D eigenvalue weighted by molar-refractivity contribution is 5.89. The smallest absolute Gasteiger partial charge is 0.492 e. The van der Waals surface area contributed by atoms with Crippen LogP contribution >= 0.6 is 0 Å². The van der Waals surface area contributed by atoms with Gasteiger partial charge in [0.15, 0.2) is 6.10 Å². The average molecular weight is 569 g/mol. The Balaban J connectivity index is 1.93. The molecule has 222 valence electrons. The van der Waals surface area contributed by atoms with Gasteiger partial charge >= 0.3 is 18.4 Å². The van der Waals surface area contributed by atoms with E-state index < -0.39 is 18.4 Å². The predicted octanol–water partition coefficient (Wildman–Crippen LogP) is 6.89. The van der Waals surface area contributed by atoms with Crippen molar-refractivity contribution in [3.8, 4) is 11.5 Å². The van der Waals surface area contributed by atoms with Gasteiger partial charge in [0.2, 0.25) is 0 Å². The third kappa shape index (κ3) is 13.1.